The van der Waals surface area contributed by atoms with Crippen LogP contribution in [0.15, 0.2) is 47.0 Å². The minimum absolute atomic E-state index is 0.182. The molecule has 0 radical (unpaired) electrons. The minimum Gasteiger partial charge on any atom is -0.493 e. The van der Waals surface area contributed by atoms with Gasteiger partial charge in [0.2, 0.25) is 0 Å². The van der Waals surface area contributed by atoms with Gasteiger partial charge < -0.3 is 23.6 Å². The minimum atomic E-state index is -0.326. The van der Waals surface area contributed by atoms with Crippen molar-refractivity contribution in [2.75, 3.05) is 27.3 Å². The number of hydrogen-bond donors (Lipinski definition) is 0. The van der Waals surface area contributed by atoms with Gasteiger partial charge in [-0.25, -0.2) is 4.39 Å². The van der Waals surface area contributed by atoms with E-state index in [1.807, 2.05) is 13.8 Å². The zero-order chi connectivity index (χ0) is 22.4. The molecule has 3 aromatic rings. The third kappa shape index (κ3) is 5.53. The van der Waals surface area contributed by atoms with Gasteiger partial charge in [-0.1, -0.05) is 5.16 Å². The van der Waals surface area contributed by atoms with Crippen molar-refractivity contribution in [1.29, 1.82) is 0 Å². The number of hydrogen-bond acceptors (Lipinski definition) is 6. The van der Waals surface area contributed by atoms with Crippen molar-refractivity contribution in [3.8, 4) is 17.2 Å². The van der Waals surface area contributed by atoms with Crippen molar-refractivity contribution in [3.05, 3.63) is 70.9 Å². The van der Waals surface area contributed by atoms with E-state index in [4.69, 9.17) is 18.7 Å². The summed E-state index contributed by atoms with van der Waals surface area (Å²) in [6, 6.07) is 10.8. The van der Waals surface area contributed by atoms with Gasteiger partial charge in [-0.05, 0) is 56.3 Å². The van der Waals surface area contributed by atoms with Gasteiger partial charge in [0, 0.05) is 12.6 Å². The maximum atomic E-state index is 12.9. The first-order valence-corrected chi connectivity index (χ1v) is 9.75. The highest BCUT2D eigenvalue weighted by Crippen LogP contribution is 2.30. The monoisotopic (exact) mass is 428 g/mol. The number of nitrogens with zero attached hydrogens (tertiary/aromatic N) is 2. The Balaban J connectivity index is 1.59. The van der Waals surface area contributed by atoms with Crippen molar-refractivity contribution >= 4 is 5.91 Å². The number of ether oxygens (including phenoxy) is 3. The Bertz CT molecular complexity index is 1010. The van der Waals surface area contributed by atoms with Gasteiger partial charge in [-0.2, -0.15) is 0 Å². The van der Waals surface area contributed by atoms with Gasteiger partial charge >= 0.3 is 0 Å². The number of halogens is 1. The van der Waals surface area contributed by atoms with Crippen LogP contribution in [0.1, 0.15) is 27.4 Å². The zero-order valence-electron chi connectivity index (χ0n) is 18.0. The fraction of sp³-hybridized carbons (Fsp3) is 0.304. The number of rotatable bonds is 9. The highest BCUT2D eigenvalue weighted by molar-refractivity contribution is 5.94. The van der Waals surface area contributed by atoms with Crippen LogP contribution in [0.25, 0.3) is 0 Å². The molecule has 8 heteroatoms. The normalized spacial score (nSPS) is 10.6. The van der Waals surface area contributed by atoms with E-state index in [0.29, 0.717) is 35.1 Å². The summed E-state index contributed by atoms with van der Waals surface area (Å²) in [5, 5.41) is 3.91. The summed E-state index contributed by atoms with van der Waals surface area (Å²) >= 11 is 0. The van der Waals surface area contributed by atoms with Crippen molar-refractivity contribution in [1.82, 2.24) is 10.1 Å². The highest BCUT2D eigenvalue weighted by atomic mass is 19.1. The van der Waals surface area contributed by atoms with E-state index in [-0.39, 0.29) is 24.9 Å². The number of amides is 1. The molecule has 0 atom stereocenters. The van der Waals surface area contributed by atoms with Crippen LogP contribution in [-0.2, 0) is 6.61 Å². The smallest absolute Gasteiger partial charge is 0.253 e. The molecule has 0 saturated heterocycles. The number of carbonyl (C=O) groups excluding carboxylic acids is 1. The molecular weight excluding hydrogens is 403 g/mol. The van der Waals surface area contributed by atoms with Crippen LogP contribution >= 0.6 is 0 Å². The molecule has 31 heavy (non-hydrogen) atoms. The molecule has 0 aliphatic carbocycles. The fourth-order valence-electron chi connectivity index (χ4n) is 2.93. The van der Waals surface area contributed by atoms with Crippen molar-refractivity contribution in [3.63, 3.8) is 0 Å². The van der Waals surface area contributed by atoms with Crippen LogP contribution in [-0.4, -0.2) is 43.3 Å². The molecule has 1 heterocycles. The first-order valence-electron chi connectivity index (χ1n) is 9.75. The Kier molecular flexibility index (Phi) is 7.12. The van der Waals surface area contributed by atoms with Crippen LogP contribution < -0.4 is 14.2 Å². The van der Waals surface area contributed by atoms with Gasteiger partial charge in [0.25, 0.3) is 5.91 Å². The topological polar surface area (TPSA) is 74.0 Å². The summed E-state index contributed by atoms with van der Waals surface area (Å²) in [7, 11) is 3.21. The van der Waals surface area contributed by atoms with Crippen molar-refractivity contribution < 1.29 is 27.9 Å². The summed E-state index contributed by atoms with van der Waals surface area (Å²) in [6.45, 7) is 4.61. The van der Waals surface area contributed by atoms with E-state index in [9.17, 15) is 9.18 Å². The average molecular weight is 428 g/mol. The van der Waals surface area contributed by atoms with Crippen molar-refractivity contribution in [2.24, 2.45) is 0 Å². The quantitative estimate of drug-likeness (QED) is 0.509. The predicted molar refractivity (Wildman–Crippen MR) is 112 cm³/mol. The molecule has 0 fully saturated rings. The van der Waals surface area contributed by atoms with Gasteiger partial charge in [-0.15, -0.1) is 0 Å². The molecule has 0 unspecified atom stereocenters. The van der Waals surface area contributed by atoms with E-state index in [0.717, 1.165) is 11.3 Å². The predicted octanol–water partition coefficient (Wildman–Crippen LogP) is 4.17. The van der Waals surface area contributed by atoms with Gasteiger partial charge in [0.15, 0.2) is 11.5 Å². The van der Waals surface area contributed by atoms with Crippen LogP contribution in [0.3, 0.4) is 0 Å². The average Bonchev–Trinajstić information content (AvgIpc) is 3.10. The molecule has 0 aliphatic heterocycles. The standard InChI is InChI=1S/C23H25FN2O5/c1-15-20(16(2)31-25-15)14-30-21-10-5-17(13-22(21)28-4)23(27)26(3)11-12-29-19-8-6-18(24)7-9-19/h5-10,13H,11-12,14H2,1-4H3. The molecule has 0 spiro atoms. The first-order chi connectivity index (χ1) is 14.9. The lowest BCUT2D eigenvalue weighted by molar-refractivity contribution is 0.0773. The third-order valence-corrected chi connectivity index (χ3v) is 4.82. The largest absolute Gasteiger partial charge is 0.493 e. The Morgan fingerprint density at radius 3 is 2.48 bits per heavy atom. The molecule has 3 rings (SSSR count). The molecular formula is C23H25FN2O5. The van der Waals surface area contributed by atoms with E-state index in [1.54, 1.807) is 42.3 Å². The lowest BCUT2D eigenvalue weighted by atomic mass is 10.1. The molecule has 0 N–H and O–H groups in total. The molecule has 0 saturated carbocycles. The van der Waals surface area contributed by atoms with E-state index >= 15 is 0 Å². The Hall–Kier alpha value is -3.55. The Labute approximate surface area is 180 Å². The lowest BCUT2D eigenvalue weighted by Crippen LogP contribution is -2.30. The van der Waals surface area contributed by atoms with Crippen molar-refractivity contribution in [2.45, 2.75) is 20.5 Å². The number of aromatic nitrogens is 1. The van der Waals surface area contributed by atoms with Crippen LogP contribution in [0.4, 0.5) is 4.39 Å². The molecule has 0 bridgehead atoms. The molecule has 1 amide bonds. The van der Waals surface area contributed by atoms with Gasteiger partial charge in [-0.3, -0.25) is 4.79 Å². The molecule has 1 aromatic heterocycles. The number of benzene rings is 2. The summed E-state index contributed by atoms with van der Waals surface area (Å²) in [4.78, 5) is 14.3. The SMILES string of the molecule is COc1cc(C(=O)N(C)CCOc2ccc(F)cc2)ccc1OCc1c(C)noc1C. The zero-order valence-corrected chi connectivity index (χ0v) is 18.0. The molecule has 7 nitrogen and oxygen atoms in total. The summed E-state index contributed by atoms with van der Waals surface area (Å²) in [5.74, 6) is 1.71. The van der Waals surface area contributed by atoms with Crippen LogP contribution in [0.2, 0.25) is 0 Å². The second kappa shape index (κ2) is 9.97. The molecule has 0 aliphatic rings. The second-order valence-corrected chi connectivity index (χ2v) is 6.99. The number of carbonyl (C=O) groups is 1. The first kappa shape index (κ1) is 22.1. The summed E-state index contributed by atoms with van der Waals surface area (Å²) in [6.07, 6.45) is 0. The van der Waals surface area contributed by atoms with Gasteiger partial charge in [0.05, 0.1) is 24.9 Å². The third-order valence-electron chi connectivity index (χ3n) is 4.82. The Morgan fingerprint density at radius 1 is 1.10 bits per heavy atom. The Morgan fingerprint density at radius 2 is 1.84 bits per heavy atom. The van der Waals surface area contributed by atoms with E-state index < -0.39 is 0 Å². The maximum Gasteiger partial charge on any atom is 0.253 e. The number of aryl methyl sites for hydroxylation is 2. The number of likely N-dealkylation sites (N-methyl/N-ethyl adjacent to an activating group) is 1. The fourth-order valence-corrected chi connectivity index (χ4v) is 2.93. The lowest BCUT2D eigenvalue weighted by Gasteiger charge is -2.18. The second-order valence-electron chi connectivity index (χ2n) is 6.99. The summed E-state index contributed by atoms with van der Waals surface area (Å²) in [5.41, 5.74) is 2.11. The maximum absolute atomic E-state index is 12.9. The molecule has 2 aromatic carbocycles. The number of methoxy groups -OCH3 is 1. The van der Waals surface area contributed by atoms with Crippen LogP contribution in [0.5, 0.6) is 17.2 Å². The highest BCUT2D eigenvalue weighted by Gasteiger charge is 2.16. The van der Waals surface area contributed by atoms with Gasteiger partial charge in [0.1, 0.15) is 30.5 Å². The summed E-state index contributed by atoms with van der Waals surface area (Å²) < 4.78 is 34.9. The van der Waals surface area contributed by atoms with E-state index in [2.05, 4.69) is 5.16 Å². The van der Waals surface area contributed by atoms with E-state index in [1.165, 1.54) is 19.2 Å². The van der Waals surface area contributed by atoms with Crippen LogP contribution in [0, 0.1) is 19.7 Å². The molecule has 164 valence electrons.